The quantitative estimate of drug-likeness (QED) is 0.366. The first-order chi connectivity index (χ1) is 13.1. The number of esters is 1. The summed E-state index contributed by atoms with van der Waals surface area (Å²) in [5, 5.41) is 14.9. The van der Waals surface area contributed by atoms with E-state index in [1.54, 1.807) is 12.1 Å². The Morgan fingerprint density at radius 3 is 2.46 bits per heavy atom. The van der Waals surface area contributed by atoms with Gasteiger partial charge in [-0.05, 0) is 41.7 Å². The molecule has 28 heavy (non-hydrogen) atoms. The standard InChI is InChI=1S/C20H23N2O3S2.BrH/c1-15-21(8-9-22(15)14-16-6-7-16)10-11-25-19(23)20(24,17-4-2-12-26-17)18-5-3-13-27-18;/h2-5,8-9,12-13,16,24H,6-7,10-11,14H2,1H3;1H/q+1;/p-1. The zero-order valence-electron chi connectivity index (χ0n) is 15.6. The zero-order chi connectivity index (χ0) is 18.9. The van der Waals surface area contributed by atoms with Gasteiger partial charge in [0.2, 0.25) is 5.60 Å². The van der Waals surface area contributed by atoms with Crippen LogP contribution in [0.5, 0.6) is 0 Å². The number of ether oxygens (including phenoxy) is 1. The van der Waals surface area contributed by atoms with Gasteiger partial charge in [-0.2, -0.15) is 0 Å². The maximum absolute atomic E-state index is 12.8. The number of halogens is 1. The lowest BCUT2D eigenvalue weighted by molar-refractivity contribution is -0.705. The molecule has 0 aliphatic heterocycles. The van der Waals surface area contributed by atoms with Crippen LogP contribution in [0.15, 0.2) is 47.4 Å². The molecule has 0 spiro atoms. The van der Waals surface area contributed by atoms with E-state index in [2.05, 4.69) is 22.3 Å². The fraction of sp³-hybridized carbons (Fsp3) is 0.400. The van der Waals surface area contributed by atoms with Crippen molar-refractivity contribution >= 4 is 28.6 Å². The Balaban J connectivity index is 0.00000225. The fourth-order valence-corrected chi connectivity index (χ4v) is 4.90. The van der Waals surface area contributed by atoms with Gasteiger partial charge in [0, 0.05) is 6.92 Å². The number of thiophene rings is 2. The number of aromatic nitrogens is 2. The van der Waals surface area contributed by atoms with Crippen LogP contribution in [0, 0.1) is 12.8 Å². The smallest absolute Gasteiger partial charge is 0.349 e. The van der Waals surface area contributed by atoms with Crippen molar-refractivity contribution in [2.24, 2.45) is 5.92 Å². The van der Waals surface area contributed by atoms with Crippen molar-refractivity contribution in [3.8, 4) is 0 Å². The first-order valence-electron chi connectivity index (χ1n) is 9.12. The van der Waals surface area contributed by atoms with Crippen LogP contribution in [0.3, 0.4) is 0 Å². The monoisotopic (exact) mass is 482 g/mol. The number of aliphatic hydroxyl groups is 1. The van der Waals surface area contributed by atoms with Crippen LogP contribution >= 0.6 is 22.7 Å². The Labute approximate surface area is 183 Å². The van der Waals surface area contributed by atoms with E-state index >= 15 is 0 Å². The van der Waals surface area contributed by atoms with Crippen molar-refractivity contribution in [2.45, 2.75) is 38.5 Å². The zero-order valence-corrected chi connectivity index (χ0v) is 18.8. The maximum atomic E-state index is 12.8. The molecule has 1 N–H and O–H groups in total. The summed E-state index contributed by atoms with van der Waals surface area (Å²) in [5.41, 5.74) is -1.74. The number of nitrogens with zero attached hydrogens (tertiary/aromatic N) is 2. The van der Waals surface area contributed by atoms with Crippen molar-refractivity contribution in [1.82, 2.24) is 4.57 Å². The number of imidazole rings is 1. The molecule has 1 saturated carbocycles. The largest absolute Gasteiger partial charge is 1.00 e. The third kappa shape index (κ3) is 4.25. The van der Waals surface area contributed by atoms with Crippen LogP contribution in [0.4, 0.5) is 0 Å². The van der Waals surface area contributed by atoms with Crippen molar-refractivity contribution in [1.29, 1.82) is 0 Å². The summed E-state index contributed by atoms with van der Waals surface area (Å²) in [5.74, 6) is 1.35. The summed E-state index contributed by atoms with van der Waals surface area (Å²) < 4.78 is 9.86. The second-order valence-corrected chi connectivity index (χ2v) is 8.83. The van der Waals surface area contributed by atoms with Crippen LogP contribution < -0.4 is 21.5 Å². The molecule has 1 fully saturated rings. The molecule has 1 aliphatic rings. The first kappa shape index (κ1) is 21.2. The van der Waals surface area contributed by atoms with Gasteiger partial charge in [-0.1, -0.05) is 12.1 Å². The minimum atomic E-state index is -1.74. The molecule has 5 nitrogen and oxygen atoms in total. The van der Waals surface area contributed by atoms with E-state index in [-0.39, 0.29) is 23.6 Å². The van der Waals surface area contributed by atoms with Gasteiger partial charge in [0.15, 0.2) is 0 Å². The third-order valence-electron chi connectivity index (χ3n) is 5.03. The molecule has 3 aromatic heterocycles. The Morgan fingerprint density at radius 1 is 1.29 bits per heavy atom. The molecule has 150 valence electrons. The molecular formula is C20H23BrN2O3S2. The van der Waals surface area contributed by atoms with Crippen LogP contribution in [-0.2, 0) is 28.2 Å². The van der Waals surface area contributed by atoms with Gasteiger partial charge in [0.1, 0.15) is 25.5 Å². The van der Waals surface area contributed by atoms with E-state index in [4.69, 9.17) is 4.74 Å². The lowest BCUT2D eigenvalue weighted by atomic mass is 10.0. The van der Waals surface area contributed by atoms with E-state index in [0.29, 0.717) is 16.3 Å². The summed E-state index contributed by atoms with van der Waals surface area (Å²) in [7, 11) is 0. The highest BCUT2D eigenvalue weighted by molar-refractivity contribution is 7.12. The van der Waals surface area contributed by atoms with E-state index < -0.39 is 11.6 Å². The third-order valence-corrected chi connectivity index (χ3v) is 6.98. The van der Waals surface area contributed by atoms with Gasteiger partial charge in [-0.3, -0.25) is 0 Å². The molecule has 0 amide bonds. The number of carbonyl (C=O) groups excluding carboxylic acids is 1. The van der Waals surface area contributed by atoms with E-state index in [9.17, 15) is 9.90 Å². The van der Waals surface area contributed by atoms with Gasteiger partial charge in [-0.25, -0.2) is 13.9 Å². The van der Waals surface area contributed by atoms with Gasteiger partial charge in [-0.15, -0.1) is 22.7 Å². The van der Waals surface area contributed by atoms with Crippen molar-refractivity contribution < 1.29 is 36.2 Å². The van der Waals surface area contributed by atoms with Crippen LogP contribution in [0.2, 0.25) is 0 Å². The molecule has 0 aromatic carbocycles. The van der Waals surface area contributed by atoms with Crippen LogP contribution in [0.25, 0.3) is 0 Å². The molecule has 8 heteroatoms. The topological polar surface area (TPSA) is 55.3 Å². The highest BCUT2D eigenvalue weighted by atomic mass is 79.9. The van der Waals surface area contributed by atoms with Crippen molar-refractivity contribution in [3.63, 3.8) is 0 Å². The summed E-state index contributed by atoms with van der Waals surface area (Å²) in [6, 6.07) is 7.19. The fourth-order valence-electron chi connectivity index (χ4n) is 3.18. The predicted octanol–water partition coefficient (Wildman–Crippen LogP) is 0.100. The molecule has 4 rings (SSSR count). The minimum Gasteiger partial charge on any atom is -1.00 e. The first-order valence-corrected chi connectivity index (χ1v) is 10.9. The number of rotatable bonds is 8. The van der Waals surface area contributed by atoms with E-state index in [1.807, 2.05) is 29.1 Å². The Morgan fingerprint density at radius 2 is 1.93 bits per heavy atom. The minimum absolute atomic E-state index is 0. The maximum Gasteiger partial charge on any atom is 0.349 e. The summed E-state index contributed by atoms with van der Waals surface area (Å²) in [6.45, 7) is 3.93. The summed E-state index contributed by atoms with van der Waals surface area (Å²) in [4.78, 5) is 14.0. The SMILES string of the molecule is Cc1n(CCOC(=O)C(O)(c2cccs2)c2cccs2)cc[n+]1CC1CC1.[Br-]. The average molecular weight is 483 g/mol. The molecular weight excluding hydrogens is 460 g/mol. The van der Waals surface area contributed by atoms with E-state index in [1.165, 1.54) is 35.5 Å². The van der Waals surface area contributed by atoms with Crippen molar-refractivity contribution in [2.75, 3.05) is 6.61 Å². The summed E-state index contributed by atoms with van der Waals surface area (Å²) in [6.07, 6.45) is 6.75. The van der Waals surface area contributed by atoms with Gasteiger partial charge < -0.3 is 26.8 Å². The molecule has 0 unspecified atom stereocenters. The molecule has 3 aromatic rings. The Bertz CT molecular complexity index is 868. The normalized spacial score (nSPS) is 13.9. The number of hydrogen-bond donors (Lipinski definition) is 1. The lowest BCUT2D eigenvalue weighted by Crippen LogP contribution is -3.00. The van der Waals surface area contributed by atoms with Gasteiger partial charge >= 0.3 is 5.97 Å². The molecule has 0 radical (unpaired) electrons. The molecule has 0 saturated heterocycles. The average Bonchev–Trinajstić information content (AvgIpc) is 3.11. The van der Waals surface area contributed by atoms with Crippen LogP contribution in [-0.4, -0.2) is 22.2 Å². The Kier molecular flexibility index (Phi) is 6.75. The highest BCUT2D eigenvalue weighted by Crippen LogP contribution is 2.36. The highest BCUT2D eigenvalue weighted by Gasteiger charge is 2.43. The van der Waals surface area contributed by atoms with Crippen LogP contribution in [0.1, 0.15) is 28.4 Å². The molecule has 3 heterocycles. The second-order valence-electron chi connectivity index (χ2n) is 6.94. The van der Waals surface area contributed by atoms with E-state index in [0.717, 1.165) is 18.3 Å². The lowest BCUT2D eigenvalue weighted by Gasteiger charge is -2.23. The number of carbonyl (C=O) groups is 1. The molecule has 0 bridgehead atoms. The predicted molar refractivity (Wildman–Crippen MR) is 105 cm³/mol. The number of hydrogen-bond acceptors (Lipinski definition) is 5. The molecule has 0 atom stereocenters. The molecule has 1 aliphatic carbocycles. The van der Waals surface area contributed by atoms with Gasteiger partial charge in [0.25, 0.3) is 5.82 Å². The summed E-state index contributed by atoms with van der Waals surface area (Å²) >= 11 is 2.70. The van der Waals surface area contributed by atoms with Gasteiger partial charge in [0.05, 0.1) is 16.3 Å². The second kappa shape index (κ2) is 8.90. The van der Waals surface area contributed by atoms with Crippen molar-refractivity contribution in [3.05, 3.63) is 63.0 Å². The Hall–Kier alpha value is -1.48.